The van der Waals surface area contributed by atoms with E-state index in [2.05, 4.69) is 10.6 Å². The zero-order chi connectivity index (χ0) is 17.1. The average molecular weight is 351 g/mol. The van der Waals surface area contributed by atoms with Crippen molar-refractivity contribution in [3.05, 3.63) is 29.3 Å². The predicted octanol–water partition coefficient (Wildman–Crippen LogP) is 0.977. The number of urea groups is 1. The number of amides is 4. The van der Waals surface area contributed by atoms with Crippen LogP contribution in [0.5, 0.6) is 0 Å². The van der Waals surface area contributed by atoms with Gasteiger partial charge in [-0.15, -0.1) is 0 Å². The summed E-state index contributed by atoms with van der Waals surface area (Å²) in [4.78, 5) is 39.2. The normalized spacial score (nSPS) is 21.5. The van der Waals surface area contributed by atoms with Gasteiger partial charge in [0.05, 0.1) is 6.04 Å². The molecule has 1 atom stereocenters. The fourth-order valence-electron chi connectivity index (χ4n) is 2.94. The zero-order valence-electron chi connectivity index (χ0n) is 13.1. The van der Waals surface area contributed by atoms with Gasteiger partial charge in [-0.1, -0.05) is 17.7 Å². The maximum Gasteiger partial charge on any atom is 0.318 e. The standard InChI is InChI=1S/C16H19ClN4O3/c17-11-3-1-4-13(7-11)21-9-12(8-15(21)23)19-16(24)20-6-2-5-18-14(22)10-20/h1,3-4,7,12H,2,5-6,8-10H2,(H,18,22)(H,19,24)/t12-/m0/s1. The molecular weight excluding hydrogens is 332 g/mol. The van der Waals surface area contributed by atoms with E-state index in [1.54, 1.807) is 23.1 Å². The summed E-state index contributed by atoms with van der Waals surface area (Å²) in [6.45, 7) is 1.53. The summed E-state index contributed by atoms with van der Waals surface area (Å²) in [7, 11) is 0. The number of nitrogens with one attached hydrogen (secondary N) is 2. The second-order valence-corrected chi connectivity index (χ2v) is 6.40. The number of rotatable bonds is 2. The van der Waals surface area contributed by atoms with Crippen LogP contribution < -0.4 is 15.5 Å². The largest absolute Gasteiger partial charge is 0.354 e. The molecule has 8 heteroatoms. The van der Waals surface area contributed by atoms with Crippen molar-refractivity contribution in [2.24, 2.45) is 0 Å². The fraction of sp³-hybridized carbons (Fsp3) is 0.438. The second-order valence-electron chi connectivity index (χ2n) is 5.96. The van der Waals surface area contributed by atoms with E-state index in [0.29, 0.717) is 24.7 Å². The fourth-order valence-corrected chi connectivity index (χ4v) is 3.13. The molecule has 1 aromatic carbocycles. The number of hydrogen-bond donors (Lipinski definition) is 2. The van der Waals surface area contributed by atoms with E-state index >= 15 is 0 Å². The van der Waals surface area contributed by atoms with Gasteiger partial charge >= 0.3 is 6.03 Å². The third-order valence-corrected chi connectivity index (χ3v) is 4.36. The number of hydrogen-bond acceptors (Lipinski definition) is 3. The number of anilines is 1. The van der Waals surface area contributed by atoms with Gasteiger partial charge in [-0.3, -0.25) is 9.59 Å². The summed E-state index contributed by atoms with van der Waals surface area (Å²) in [6.07, 6.45) is 0.954. The summed E-state index contributed by atoms with van der Waals surface area (Å²) < 4.78 is 0. The minimum Gasteiger partial charge on any atom is -0.354 e. The maximum absolute atomic E-state index is 12.3. The first kappa shape index (κ1) is 16.6. The lowest BCUT2D eigenvalue weighted by atomic mass is 10.2. The molecule has 7 nitrogen and oxygen atoms in total. The summed E-state index contributed by atoms with van der Waals surface area (Å²) >= 11 is 5.97. The molecule has 1 aromatic rings. The van der Waals surface area contributed by atoms with Gasteiger partial charge in [-0.25, -0.2) is 4.79 Å². The highest BCUT2D eigenvalue weighted by molar-refractivity contribution is 6.30. The van der Waals surface area contributed by atoms with Crippen LogP contribution in [-0.2, 0) is 9.59 Å². The number of carbonyl (C=O) groups is 3. The topological polar surface area (TPSA) is 81.8 Å². The number of nitrogens with zero attached hydrogens (tertiary/aromatic N) is 2. The molecule has 3 rings (SSSR count). The van der Waals surface area contributed by atoms with E-state index in [1.165, 1.54) is 4.90 Å². The van der Waals surface area contributed by atoms with Crippen LogP contribution in [-0.4, -0.2) is 55.0 Å². The molecule has 0 bridgehead atoms. The first-order chi connectivity index (χ1) is 11.5. The molecule has 0 unspecified atom stereocenters. The average Bonchev–Trinajstić information content (AvgIpc) is 2.76. The minimum absolute atomic E-state index is 0.0461. The molecule has 0 saturated carbocycles. The highest BCUT2D eigenvalue weighted by Crippen LogP contribution is 2.24. The maximum atomic E-state index is 12.3. The van der Waals surface area contributed by atoms with Gasteiger partial charge in [-0.2, -0.15) is 0 Å². The molecule has 0 aliphatic carbocycles. The molecule has 128 valence electrons. The highest BCUT2D eigenvalue weighted by atomic mass is 35.5. The van der Waals surface area contributed by atoms with Crippen molar-refractivity contribution in [2.75, 3.05) is 31.1 Å². The first-order valence-corrected chi connectivity index (χ1v) is 8.29. The quantitative estimate of drug-likeness (QED) is 0.834. The molecule has 2 heterocycles. The zero-order valence-corrected chi connectivity index (χ0v) is 13.9. The molecule has 2 aliphatic rings. The lowest BCUT2D eigenvalue weighted by molar-refractivity contribution is -0.121. The van der Waals surface area contributed by atoms with E-state index < -0.39 is 0 Å². The van der Waals surface area contributed by atoms with Crippen molar-refractivity contribution in [2.45, 2.75) is 18.9 Å². The molecule has 2 N–H and O–H groups in total. The van der Waals surface area contributed by atoms with E-state index in [0.717, 1.165) is 12.1 Å². The predicted molar refractivity (Wildman–Crippen MR) is 89.9 cm³/mol. The molecule has 0 spiro atoms. The van der Waals surface area contributed by atoms with Gasteiger partial charge in [0.15, 0.2) is 0 Å². The number of halogens is 1. The summed E-state index contributed by atoms with van der Waals surface area (Å²) in [5.41, 5.74) is 0.721. The Labute approximate surface area is 144 Å². The van der Waals surface area contributed by atoms with Crippen molar-refractivity contribution >= 4 is 35.1 Å². The van der Waals surface area contributed by atoms with Crippen LogP contribution in [0.2, 0.25) is 5.02 Å². The van der Waals surface area contributed by atoms with E-state index in [1.807, 2.05) is 6.07 Å². The monoisotopic (exact) mass is 350 g/mol. The number of carbonyl (C=O) groups excluding carboxylic acids is 3. The Morgan fingerprint density at radius 1 is 1.33 bits per heavy atom. The van der Waals surface area contributed by atoms with Crippen molar-refractivity contribution in [3.8, 4) is 0 Å². The van der Waals surface area contributed by atoms with Crippen LogP contribution in [0.3, 0.4) is 0 Å². The molecule has 0 radical (unpaired) electrons. The van der Waals surface area contributed by atoms with Crippen molar-refractivity contribution in [1.29, 1.82) is 0 Å². The van der Waals surface area contributed by atoms with Crippen molar-refractivity contribution in [3.63, 3.8) is 0 Å². The SMILES string of the molecule is O=C1CN(C(=O)N[C@H]2CC(=O)N(c3cccc(Cl)c3)C2)CCCN1. The molecule has 2 saturated heterocycles. The van der Waals surface area contributed by atoms with Gasteiger partial charge in [0, 0.05) is 36.8 Å². The van der Waals surface area contributed by atoms with Gasteiger partial charge in [0.1, 0.15) is 6.54 Å². The third-order valence-electron chi connectivity index (χ3n) is 4.12. The van der Waals surface area contributed by atoms with Gasteiger partial charge in [-0.05, 0) is 24.6 Å². The second kappa shape index (κ2) is 7.09. The Kier molecular flexibility index (Phi) is 4.89. The Morgan fingerprint density at radius 2 is 2.17 bits per heavy atom. The lowest BCUT2D eigenvalue weighted by Crippen LogP contribution is -2.47. The Hall–Kier alpha value is -2.28. The Morgan fingerprint density at radius 3 is 2.96 bits per heavy atom. The summed E-state index contributed by atoms with van der Waals surface area (Å²) in [6, 6.07) is 6.48. The van der Waals surface area contributed by atoms with Crippen molar-refractivity contribution < 1.29 is 14.4 Å². The molecule has 4 amide bonds. The number of benzene rings is 1. The van der Waals surface area contributed by atoms with Crippen molar-refractivity contribution in [1.82, 2.24) is 15.5 Å². The van der Waals surface area contributed by atoms with Gasteiger partial charge in [0.2, 0.25) is 11.8 Å². The highest BCUT2D eigenvalue weighted by Gasteiger charge is 2.33. The van der Waals surface area contributed by atoms with Crippen LogP contribution >= 0.6 is 11.6 Å². The van der Waals surface area contributed by atoms with Crippen LogP contribution in [0.15, 0.2) is 24.3 Å². The minimum atomic E-state index is -0.308. The van der Waals surface area contributed by atoms with Crippen LogP contribution in [0, 0.1) is 0 Å². The van der Waals surface area contributed by atoms with Crippen LogP contribution in [0.25, 0.3) is 0 Å². The lowest BCUT2D eigenvalue weighted by Gasteiger charge is -2.22. The van der Waals surface area contributed by atoms with Crippen LogP contribution in [0.1, 0.15) is 12.8 Å². The molecular formula is C16H19ClN4O3. The molecule has 24 heavy (non-hydrogen) atoms. The van der Waals surface area contributed by atoms with E-state index in [9.17, 15) is 14.4 Å². The third kappa shape index (κ3) is 3.79. The Balaban J connectivity index is 1.61. The first-order valence-electron chi connectivity index (χ1n) is 7.91. The van der Waals surface area contributed by atoms with E-state index in [4.69, 9.17) is 11.6 Å². The summed E-state index contributed by atoms with van der Waals surface area (Å²) in [5, 5.41) is 6.14. The smallest absolute Gasteiger partial charge is 0.318 e. The Bertz CT molecular complexity index is 666. The van der Waals surface area contributed by atoms with Gasteiger partial charge in [0.25, 0.3) is 0 Å². The summed E-state index contributed by atoms with van der Waals surface area (Å²) in [5.74, 6) is -0.220. The molecule has 2 aliphatic heterocycles. The van der Waals surface area contributed by atoms with Gasteiger partial charge < -0.3 is 20.4 Å². The molecule has 2 fully saturated rings. The van der Waals surface area contributed by atoms with Crippen LogP contribution in [0.4, 0.5) is 10.5 Å². The van der Waals surface area contributed by atoms with E-state index in [-0.39, 0.29) is 36.9 Å². The molecule has 0 aromatic heterocycles.